The highest BCUT2D eigenvalue weighted by molar-refractivity contribution is 6.09. The number of benzene rings is 2. The van der Waals surface area contributed by atoms with Gasteiger partial charge in [0.05, 0.1) is 0 Å². The summed E-state index contributed by atoms with van der Waals surface area (Å²) in [4.78, 5) is 33.2. The first-order valence-corrected chi connectivity index (χ1v) is 10.1. The lowest BCUT2D eigenvalue weighted by molar-refractivity contribution is -0.133. The minimum Gasteiger partial charge on any atom is -0.484 e. The Hall–Kier alpha value is -3.74. The summed E-state index contributed by atoms with van der Waals surface area (Å²) >= 11 is 0. The van der Waals surface area contributed by atoms with Gasteiger partial charge in [-0.05, 0) is 60.7 Å². The Balaban J connectivity index is 1.27. The van der Waals surface area contributed by atoms with Crippen molar-refractivity contribution in [1.82, 2.24) is 9.88 Å². The quantitative estimate of drug-likeness (QED) is 0.575. The number of carbonyl (C=O) groups is 2. The third-order valence-corrected chi connectivity index (χ3v) is 5.19. The van der Waals surface area contributed by atoms with E-state index in [0.717, 1.165) is 18.9 Å². The van der Waals surface area contributed by atoms with Crippen molar-refractivity contribution >= 4 is 17.5 Å². The summed E-state index contributed by atoms with van der Waals surface area (Å²) in [6, 6.07) is 17.8. The van der Waals surface area contributed by atoms with Crippen LogP contribution in [0, 0.1) is 5.82 Å². The van der Waals surface area contributed by atoms with Gasteiger partial charge in [0.25, 0.3) is 5.91 Å². The van der Waals surface area contributed by atoms with Gasteiger partial charge in [-0.25, -0.2) is 9.37 Å². The standard InChI is InChI=1S/C24H22FN3O3/c25-20-8-4-18(5-9-20)24(30)19-6-10-21(11-7-19)31-17-23(29)28-15-13-27(14-16-28)22-3-1-2-12-26-22/h1-12H,13-17H2. The van der Waals surface area contributed by atoms with Crippen molar-refractivity contribution in [2.45, 2.75) is 0 Å². The average Bonchev–Trinajstić information content (AvgIpc) is 2.83. The number of anilines is 1. The van der Waals surface area contributed by atoms with Crippen molar-refractivity contribution in [3.63, 3.8) is 0 Å². The number of carbonyl (C=O) groups excluding carboxylic acids is 2. The second-order valence-electron chi connectivity index (χ2n) is 7.20. The Morgan fingerprint density at radius 1 is 0.871 bits per heavy atom. The predicted molar refractivity (Wildman–Crippen MR) is 115 cm³/mol. The molecule has 0 unspecified atom stereocenters. The molecule has 4 rings (SSSR count). The fourth-order valence-corrected chi connectivity index (χ4v) is 3.43. The van der Waals surface area contributed by atoms with Gasteiger partial charge in [-0.2, -0.15) is 0 Å². The van der Waals surface area contributed by atoms with Crippen molar-refractivity contribution in [2.24, 2.45) is 0 Å². The number of aromatic nitrogens is 1. The number of amides is 1. The minimum absolute atomic E-state index is 0.0607. The molecule has 0 N–H and O–H groups in total. The van der Waals surface area contributed by atoms with E-state index in [1.54, 1.807) is 35.4 Å². The van der Waals surface area contributed by atoms with Crippen molar-refractivity contribution in [1.29, 1.82) is 0 Å². The molecule has 0 saturated carbocycles. The van der Waals surface area contributed by atoms with E-state index in [4.69, 9.17) is 4.74 Å². The summed E-state index contributed by atoms with van der Waals surface area (Å²) in [6.45, 7) is 2.62. The predicted octanol–water partition coefficient (Wildman–Crippen LogP) is 3.18. The molecule has 2 aromatic carbocycles. The first-order chi connectivity index (χ1) is 15.1. The number of hydrogen-bond acceptors (Lipinski definition) is 5. The van der Waals surface area contributed by atoms with E-state index in [1.807, 2.05) is 18.2 Å². The van der Waals surface area contributed by atoms with Crippen LogP contribution in [0.15, 0.2) is 72.9 Å². The van der Waals surface area contributed by atoms with E-state index < -0.39 is 0 Å². The normalized spacial score (nSPS) is 13.7. The molecule has 0 atom stereocenters. The smallest absolute Gasteiger partial charge is 0.260 e. The highest BCUT2D eigenvalue weighted by Crippen LogP contribution is 2.17. The van der Waals surface area contributed by atoms with Gasteiger partial charge in [0.2, 0.25) is 0 Å². The summed E-state index contributed by atoms with van der Waals surface area (Å²) in [5, 5.41) is 0. The molecule has 0 bridgehead atoms. The Labute approximate surface area is 179 Å². The van der Waals surface area contributed by atoms with E-state index in [0.29, 0.717) is 30.0 Å². The zero-order valence-corrected chi connectivity index (χ0v) is 16.9. The maximum Gasteiger partial charge on any atom is 0.260 e. The number of hydrogen-bond donors (Lipinski definition) is 0. The zero-order chi connectivity index (χ0) is 21.6. The van der Waals surface area contributed by atoms with Crippen LogP contribution in [-0.4, -0.2) is 54.4 Å². The number of pyridine rings is 1. The lowest BCUT2D eigenvalue weighted by Crippen LogP contribution is -2.50. The van der Waals surface area contributed by atoms with E-state index in [2.05, 4.69) is 9.88 Å². The number of halogens is 1. The van der Waals surface area contributed by atoms with Crippen LogP contribution in [0.2, 0.25) is 0 Å². The molecule has 1 saturated heterocycles. The monoisotopic (exact) mass is 419 g/mol. The van der Waals surface area contributed by atoms with E-state index in [1.165, 1.54) is 24.3 Å². The van der Waals surface area contributed by atoms with Crippen molar-refractivity contribution < 1.29 is 18.7 Å². The van der Waals surface area contributed by atoms with Crippen molar-refractivity contribution in [3.05, 3.63) is 89.9 Å². The van der Waals surface area contributed by atoms with Crippen LogP contribution >= 0.6 is 0 Å². The number of ether oxygens (including phenoxy) is 1. The Bertz CT molecular complexity index is 1030. The molecule has 1 aliphatic rings. The molecule has 1 amide bonds. The molecule has 158 valence electrons. The van der Waals surface area contributed by atoms with Crippen LogP contribution in [-0.2, 0) is 4.79 Å². The number of ketones is 1. The van der Waals surface area contributed by atoms with Crippen LogP contribution in [0.4, 0.5) is 10.2 Å². The average molecular weight is 419 g/mol. The second-order valence-corrected chi connectivity index (χ2v) is 7.20. The van der Waals surface area contributed by atoms with Gasteiger partial charge in [-0.3, -0.25) is 9.59 Å². The number of rotatable bonds is 6. The molecule has 1 fully saturated rings. The van der Waals surface area contributed by atoms with Crippen LogP contribution in [0.1, 0.15) is 15.9 Å². The molecule has 6 nitrogen and oxygen atoms in total. The number of piperazine rings is 1. The Kier molecular flexibility index (Phi) is 6.21. The lowest BCUT2D eigenvalue weighted by Gasteiger charge is -2.35. The second kappa shape index (κ2) is 9.38. The maximum atomic E-state index is 13.0. The highest BCUT2D eigenvalue weighted by atomic mass is 19.1. The third kappa shape index (κ3) is 5.06. The van der Waals surface area contributed by atoms with Gasteiger partial charge in [0.15, 0.2) is 12.4 Å². The van der Waals surface area contributed by atoms with Crippen molar-refractivity contribution in [2.75, 3.05) is 37.7 Å². The molecular formula is C24H22FN3O3. The van der Waals surface area contributed by atoms with E-state index in [-0.39, 0.29) is 24.1 Å². The highest BCUT2D eigenvalue weighted by Gasteiger charge is 2.22. The first-order valence-electron chi connectivity index (χ1n) is 10.1. The Morgan fingerprint density at radius 2 is 1.52 bits per heavy atom. The molecule has 0 radical (unpaired) electrons. The van der Waals surface area contributed by atoms with Crippen molar-refractivity contribution in [3.8, 4) is 5.75 Å². The molecule has 2 heterocycles. The molecular weight excluding hydrogens is 397 g/mol. The molecule has 7 heteroatoms. The SMILES string of the molecule is O=C(c1ccc(F)cc1)c1ccc(OCC(=O)N2CCN(c3ccccn3)CC2)cc1. The van der Waals surface area contributed by atoms with Gasteiger partial charge >= 0.3 is 0 Å². The lowest BCUT2D eigenvalue weighted by atomic mass is 10.0. The van der Waals surface area contributed by atoms with Gasteiger partial charge in [-0.1, -0.05) is 6.07 Å². The summed E-state index contributed by atoms with van der Waals surface area (Å²) in [5.74, 6) is 0.765. The van der Waals surface area contributed by atoms with Gasteiger partial charge in [-0.15, -0.1) is 0 Å². The minimum atomic E-state index is -0.386. The molecule has 1 aliphatic heterocycles. The molecule has 3 aromatic rings. The summed E-state index contributed by atoms with van der Waals surface area (Å²) < 4.78 is 18.6. The molecule has 31 heavy (non-hydrogen) atoms. The fourth-order valence-electron chi connectivity index (χ4n) is 3.43. The van der Waals surface area contributed by atoms with Crippen LogP contribution in [0.5, 0.6) is 5.75 Å². The van der Waals surface area contributed by atoms with E-state index >= 15 is 0 Å². The fraction of sp³-hybridized carbons (Fsp3) is 0.208. The summed E-state index contributed by atoms with van der Waals surface area (Å²) in [7, 11) is 0. The van der Waals surface area contributed by atoms with Gasteiger partial charge < -0.3 is 14.5 Å². The number of nitrogens with zero attached hydrogens (tertiary/aromatic N) is 3. The van der Waals surface area contributed by atoms with Gasteiger partial charge in [0.1, 0.15) is 17.4 Å². The van der Waals surface area contributed by atoms with E-state index in [9.17, 15) is 14.0 Å². The largest absolute Gasteiger partial charge is 0.484 e. The maximum absolute atomic E-state index is 13.0. The van der Waals surface area contributed by atoms with Gasteiger partial charge in [0, 0.05) is 43.5 Å². The third-order valence-electron chi connectivity index (χ3n) is 5.19. The van der Waals surface area contributed by atoms with Crippen LogP contribution in [0.3, 0.4) is 0 Å². The summed E-state index contributed by atoms with van der Waals surface area (Å²) in [5.41, 5.74) is 0.881. The topological polar surface area (TPSA) is 62.7 Å². The summed E-state index contributed by atoms with van der Waals surface area (Å²) in [6.07, 6.45) is 1.76. The molecule has 1 aromatic heterocycles. The van der Waals surface area contributed by atoms with Crippen LogP contribution < -0.4 is 9.64 Å². The molecule has 0 spiro atoms. The van der Waals surface area contributed by atoms with Crippen LogP contribution in [0.25, 0.3) is 0 Å². The zero-order valence-electron chi connectivity index (χ0n) is 16.9. The first kappa shape index (κ1) is 20.5. The molecule has 0 aliphatic carbocycles. The Morgan fingerprint density at radius 3 is 2.13 bits per heavy atom.